The minimum Gasteiger partial charge on any atom is -0.352 e. The Labute approximate surface area is 245 Å². The average Bonchev–Trinajstić information content (AvgIpc) is 3.36. The van der Waals surface area contributed by atoms with Crippen LogP contribution >= 0.6 is 23.2 Å². The highest BCUT2D eigenvalue weighted by molar-refractivity contribution is 7.87. The first-order valence-corrected chi connectivity index (χ1v) is 15.7. The molecule has 9 nitrogen and oxygen atoms in total. The number of hydrogen-bond acceptors (Lipinski definition) is 6. The molecule has 0 spiro atoms. The monoisotopic (exact) mass is 601 g/mol. The Bertz CT molecular complexity index is 1540. The van der Waals surface area contributed by atoms with Crippen molar-refractivity contribution in [3.8, 4) is 5.69 Å². The van der Waals surface area contributed by atoms with E-state index in [1.165, 1.54) is 17.1 Å². The fraction of sp³-hybridized carbons (Fsp3) is 0.393. The number of nitrogens with one attached hydrogen (secondary N) is 1. The molecule has 0 atom stereocenters. The number of benzene rings is 1. The van der Waals surface area contributed by atoms with Gasteiger partial charge in [0.25, 0.3) is 10.2 Å². The molecule has 1 aliphatic heterocycles. The molecule has 3 aromatic rings. The van der Waals surface area contributed by atoms with Crippen molar-refractivity contribution in [3.05, 3.63) is 71.3 Å². The lowest BCUT2D eigenvalue weighted by Gasteiger charge is -2.35. The number of allylic oxidation sites excluding steroid dienone is 5. The second-order valence-electron chi connectivity index (χ2n) is 9.98. The maximum absolute atomic E-state index is 13.1. The number of aromatic nitrogens is 4. The van der Waals surface area contributed by atoms with Crippen molar-refractivity contribution in [2.75, 3.05) is 31.1 Å². The van der Waals surface area contributed by atoms with Crippen LogP contribution in [0, 0.1) is 0 Å². The third-order valence-corrected chi connectivity index (χ3v) is 9.58. The van der Waals surface area contributed by atoms with Crippen LogP contribution in [0.3, 0.4) is 0 Å². The highest BCUT2D eigenvalue weighted by atomic mass is 35.5. The van der Waals surface area contributed by atoms with E-state index in [-0.39, 0.29) is 6.04 Å². The van der Waals surface area contributed by atoms with Gasteiger partial charge in [-0.3, -0.25) is 4.57 Å². The minimum absolute atomic E-state index is 0.0234. The lowest BCUT2D eigenvalue weighted by molar-refractivity contribution is 0.356. The standard InChI is InChI=1S/C28H33Cl2N7O2S/c1-3-4-10-24(30)20(2)26-33-25-27(31-19-32-28(25)37(26)23-13-11-21(29)12-14-23)35-15-17-36(18-16-35)40(38,39)34-22-8-6-5-7-9-22/h3-4,10-14,19,22,34H,2,5-9,15-18H2,1H3/b4-3-,24-10+. The third kappa shape index (κ3) is 6.11. The summed E-state index contributed by atoms with van der Waals surface area (Å²) in [6.45, 7) is 7.78. The molecule has 2 aliphatic rings. The Balaban J connectivity index is 1.46. The topological polar surface area (TPSA) is 96.2 Å². The van der Waals surface area contributed by atoms with E-state index < -0.39 is 10.2 Å². The molecular formula is C28H33Cl2N7O2S. The van der Waals surface area contributed by atoms with Crippen molar-refractivity contribution >= 4 is 56.0 Å². The van der Waals surface area contributed by atoms with Gasteiger partial charge in [-0.1, -0.05) is 61.2 Å². The summed E-state index contributed by atoms with van der Waals surface area (Å²) in [6.07, 6.45) is 12.1. The van der Waals surface area contributed by atoms with E-state index in [1.807, 2.05) is 35.8 Å². The van der Waals surface area contributed by atoms with Crippen LogP contribution in [0.15, 0.2) is 60.4 Å². The van der Waals surface area contributed by atoms with Crippen molar-refractivity contribution in [3.63, 3.8) is 0 Å². The van der Waals surface area contributed by atoms with Gasteiger partial charge in [-0.05, 0) is 50.1 Å². The molecule has 3 heterocycles. The van der Waals surface area contributed by atoms with Crippen LogP contribution in [-0.4, -0.2) is 64.5 Å². The van der Waals surface area contributed by atoms with Gasteiger partial charge in [0.15, 0.2) is 17.0 Å². The van der Waals surface area contributed by atoms with E-state index in [0.717, 1.165) is 31.4 Å². The second kappa shape index (κ2) is 12.4. The molecule has 1 saturated heterocycles. The number of anilines is 1. The Kier molecular flexibility index (Phi) is 8.92. The molecule has 1 aliphatic carbocycles. The third-order valence-electron chi connectivity index (χ3n) is 7.30. The van der Waals surface area contributed by atoms with Crippen LogP contribution in [0.2, 0.25) is 5.02 Å². The van der Waals surface area contributed by atoms with Gasteiger partial charge < -0.3 is 4.90 Å². The first-order valence-electron chi connectivity index (χ1n) is 13.5. The maximum atomic E-state index is 13.1. The van der Waals surface area contributed by atoms with Gasteiger partial charge in [0.1, 0.15) is 12.2 Å². The molecule has 1 saturated carbocycles. The zero-order chi connectivity index (χ0) is 28.3. The molecule has 1 aromatic carbocycles. The predicted octanol–water partition coefficient (Wildman–Crippen LogP) is 5.47. The smallest absolute Gasteiger partial charge is 0.279 e. The predicted molar refractivity (Wildman–Crippen MR) is 162 cm³/mol. The van der Waals surface area contributed by atoms with Crippen molar-refractivity contribution < 1.29 is 8.42 Å². The average molecular weight is 603 g/mol. The van der Waals surface area contributed by atoms with Crippen molar-refractivity contribution in [1.29, 1.82) is 0 Å². The molecule has 12 heteroatoms. The Hall–Kier alpha value is -2.76. The van der Waals surface area contributed by atoms with Crippen molar-refractivity contribution in [2.24, 2.45) is 0 Å². The lowest BCUT2D eigenvalue weighted by atomic mass is 9.96. The largest absolute Gasteiger partial charge is 0.352 e. The van der Waals surface area contributed by atoms with E-state index in [2.05, 4.69) is 26.2 Å². The van der Waals surface area contributed by atoms with E-state index in [9.17, 15) is 8.42 Å². The van der Waals surface area contributed by atoms with E-state index in [1.54, 1.807) is 18.2 Å². The van der Waals surface area contributed by atoms with Gasteiger partial charge in [-0.2, -0.15) is 17.4 Å². The number of halogens is 2. The minimum atomic E-state index is -3.55. The summed E-state index contributed by atoms with van der Waals surface area (Å²) in [5, 5.41) is 1.06. The van der Waals surface area contributed by atoms with Gasteiger partial charge in [-0.25, -0.2) is 15.0 Å². The summed E-state index contributed by atoms with van der Waals surface area (Å²) in [5.74, 6) is 1.17. The summed E-state index contributed by atoms with van der Waals surface area (Å²) in [4.78, 5) is 16.1. The van der Waals surface area contributed by atoms with E-state index in [0.29, 0.717) is 64.6 Å². The summed E-state index contributed by atoms with van der Waals surface area (Å²) in [7, 11) is -3.55. The van der Waals surface area contributed by atoms with Crippen LogP contribution in [0.4, 0.5) is 5.82 Å². The SMILES string of the molecule is C=C(/C(Cl)=C\C=C/C)c1nc2c(N3CCN(S(=O)(=O)NC4CCCCC4)CC3)ncnc2n1-c1ccc(Cl)cc1. The highest BCUT2D eigenvalue weighted by Gasteiger charge is 2.31. The summed E-state index contributed by atoms with van der Waals surface area (Å²) < 4.78 is 32.5. The molecule has 5 rings (SSSR count). The van der Waals surface area contributed by atoms with E-state index in [4.69, 9.17) is 28.2 Å². The van der Waals surface area contributed by atoms with Crippen LogP contribution in [0.5, 0.6) is 0 Å². The molecule has 1 N–H and O–H groups in total. The molecule has 2 aromatic heterocycles. The zero-order valence-electron chi connectivity index (χ0n) is 22.4. The van der Waals surface area contributed by atoms with Crippen LogP contribution in [0.25, 0.3) is 22.4 Å². The number of piperazine rings is 1. The molecular weight excluding hydrogens is 569 g/mol. The number of fused-ring (bicyclic) bond motifs is 1. The number of hydrogen-bond donors (Lipinski definition) is 1. The van der Waals surface area contributed by atoms with Crippen molar-refractivity contribution in [2.45, 2.75) is 45.1 Å². The molecule has 212 valence electrons. The first-order chi connectivity index (χ1) is 19.3. The van der Waals surface area contributed by atoms with Gasteiger partial charge in [0.05, 0.1) is 5.03 Å². The number of rotatable bonds is 8. The fourth-order valence-corrected chi connectivity index (χ4v) is 6.92. The van der Waals surface area contributed by atoms with Gasteiger partial charge >= 0.3 is 0 Å². The zero-order valence-corrected chi connectivity index (χ0v) is 24.8. The number of imidazole rings is 1. The number of nitrogens with zero attached hydrogens (tertiary/aromatic N) is 6. The van der Waals surface area contributed by atoms with Gasteiger partial charge in [-0.15, -0.1) is 0 Å². The molecule has 0 amide bonds. The van der Waals surface area contributed by atoms with E-state index >= 15 is 0 Å². The first kappa shape index (κ1) is 28.8. The molecule has 2 fully saturated rings. The summed E-state index contributed by atoms with van der Waals surface area (Å²) in [5.41, 5.74) is 2.50. The van der Waals surface area contributed by atoms with Crippen LogP contribution < -0.4 is 9.62 Å². The lowest BCUT2D eigenvalue weighted by Crippen LogP contribution is -2.54. The van der Waals surface area contributed by atoms with Crippen LogP contribution in [0.1, 0.15) is 44.9 Å². The van der Waals surface area contributed by atoms with Crippen molar-refractivity contribution in [1.82, 2.24) is 28.5 Å². The quantitative estimate of drug-likeness (QED) is 0.344. The Morgan fingerprint density at radius 3 is 2.45 bits per heavy atom. The molecule has 0 bridgehead atoms. The van der Waals surface area contributed by atoms with Gasteiger partial charge in [0.2, 0.25) is 0 Å². The normalized spacial score (nSPS) is 18.2. The summed E-state index contributed by atoms with van der Waals surface area (Å²) >= 11 is 12.8. The Morgan fingerprint density at radius 1 is 1.07 bits per heavy atom. The summed E-state index contributed by atoms with van der Waals surface area (Å²) in [6, 6.07) is 7.39. The van der Waals surface area contributed by atoms with Crippen LogP contribution in [-0.2, 0) is 10.2 Å². The molecule has 0 radical (unpaired) electrons. The molecule has 40 heavy (non-hydrogen) atoms. The Morgan fingerprint density at radius 2 is 1.77 bits per heavy atom. The fourth-order valence-electron chi connectivity index (χ4n) is 5.18. The van der Waals surface area contributed by atoms with Gasteiger partial charge in [0, 0.05) is 48.5 Å². The molecule has 0 unspecified atom stereocenters. The second-order valence-corrected chi connectivity index (χ2v) is 12.5. The maximum Gasteiger partial charge on any atom is 0.279 e. The highest BCUT2D eigenvalue weighted by Crippen LogP contribution is 2.33.